The highest BCUT2D eigenvalue weighted by atomic mass is 31.2. The Hall–Kier alpha value is -2.55. The van der Waals surface area contributed by atoms with Crippen LogP contribution in [-0.2, 0) is 32.7 Å². The number of phosphoric acid groups is 1. The standard InChI is InChI=1S/C65H118NO8P/c1-3-5-7-9-11-13-15-17-18-19-20-21-22-23-24-25-26-27-28-29-30-31-32-33-34-35-36-37-38-39-40-41-42-43-44-46-48-50-52-54-56-58-65(68)74-63(62-73-75(69,70)72-60-59-66)61-71-64(67)57-55-53-51-49-47-45-16-14-12-10-8-6-4-2/h5,7-8,10-11,13-14,16-18,20-21,63H,3-4,6,9,12,15,19,22-62,66H2,1-2H3,(H,69,70)/b7-5-,10-8-,13-11-,16-14-,18-17-,21-20-. The lowest BCUT2D eigenvalue weighted by molar-refractivity contribution is -0.161. The summed E-state index contributed by atoms with van der Waals surface area (Å²) in [6, 6.07) is 0. The number of allylic oxidation sites excluding steroid dienone is 12. The summed E-state index contributed by atoms with van der Waals surface area (Å²) in [6.07, 6.45) is 78.7. The minimum Gasteiger partial charge on any atom is -0.462 e. The van der Waals surface area contributed by atoms with E-state index < -0.39 is 32.5 Å². The molecule has 0 spiro atoms. The molecule has 0 aliphatic heterocycles. The summed E-state index contributed by atoms with van der Waals surface area (Å²) in [7, 11) is -4.39. The van der Waals surface area contributed by atoms with Crippen molar-refractivity contribution in [2.24, 2.45) is 5.73 Å². The molecule has 0 aliphatic carbocycles. The molecule has 2 atom stereocenters. The minimum absolute atomic E-state index is 0.0514. The van der Waals surface area contributed by atoms with Crippen LogP contribution < -0.4 is 5.73 Å². The number of hydrogen-bond acceptors (Lipinski definition) is 8. The van der Waals surface area contributed by atoms with Crippen LogP contribution in [0.1, 0.15) is 296 Å². The van der Waals surface area contributed by atoms with Gasteiger partial charge >= 0.3 is 19.8 Å². The zero-order valence-electron chi connectivity index (χ0n) is 48.8. The molecule has 10 heteroatoms. The molecule has 0 bridgehead atoms. The van der Waals surface area contributed by atoms with Gasteiger partial charge < -0.3 is 20.1 Å². The first-order valence-electron chi connectivity index (χ1n) is 31.4. The van der Waals surface area contributed by atoms with Crippen LogP contribution in [0.5, 0.6) is 0 Å². The van der Waals surface area contributed by atoms with Crippen molar-refractivity contribution >= 4 is 19.8 Å². The Labute approximate surface area is 462 Å². The fourth-order valence-electron chi connectivity index (χ4n) is 8.96. The first-order chi connectivity index (χ1) is 36.8. The average molecular weight is 1070 g/mol. The molecule has 0 fully saturated rings. The van der Waals surface area contributed by atoms with Gasteiger partial charge in [-0.2, -0.15) is 0 Å². The number of rotatable bonds is 59. The van der Waals surface area contributed by atoms with Gasteiger partial charge in [-0.3, -0.25) is 18.6 Å². The van der Waals surface area contributed by atoms with E-state index in [0.717, 1.165) is 83.5 Å². The number of ether oxygens (including phenoxy) is 2. The van der Waals surface area contributed by atoms with Gasteiger partial charge in [0, 0.05) is 19.4 Å². The van der Waals surface area contributed by atoms with Crippen molar-refractivity contribution in [3.05, 3.63) is 72.9 Å². The number of unbranched alkanes of at least 4 members (excludes halogenated alkanes) is 34. The molecular formula is C65H118NO8P. The van der Waals surface area contributed by atoms with Crippen molar-refractivity contribution in [3.8, 4) is 0 Å². The van der Waals surface area contributed by atoms with Crippen molar-refractivity contribution < 1.29 is 37.6 Å². The third-order valence-electron chi connectivity index (χ3n) is 13.6. The Bertz CT molecular complexity index is 1460. The summed E-state index contributed by atoms with van der Waals surface area (Å²) in [5, 5.41) is 0. The molecule has 3 N–H and O–H groups in total. The van der Waals surface area contributed by atoms with Gasteiger partial charge in [0.15, 0.2) is 6.10 Å². The fraction of sp³-hybridized carbons (Fsp3) is 0.785. The van der Waals surface area contributed by atoms with Crippen LogP contribution in [0.25, 0.3) is 0 Å². The van der Waals surface area contributed by atoms with E-state index in [9.17, 15) is 19.0 Å². The van der Waals surface area contributed by atoms with E-state index in [0.29, 0.717) is 12.8 Å². The molecule has 0 aromatic rings. The minimum atomic E-state index is -4.39. The van der Waals surface area contributed by atoms with Crippen LogP contribution in [0.15, 0.2) is 72.9 Å². The molecule has 0 amide bonds. The molecule has 0 aromatic heterocycles. The highest BCUT2D eigenvalue weighted by molar-refractivity contribution is 7.47. The Balaban J connectivity index is 3.72. The third-order valence-corrected chi connectivity index (χ3v) is 14.5. The molecule has 9 nitrogen and oxygen atoms in total. The molecule has 75 heavy (non-hydrogen) atoms. The molecule has 2 unspecified atom stereocenters. The second kappa shape index (κ2) is 60.7. The van der Waals surface area contributed by atoms with Gasteiger partial charge in [-0.15, -0.1) is 0 Å². The molecule has 0 aromatic carbocycles. The first kappa shape index (κ1) is 72.5. The van der Waals surface area contributed by atoms with E-state index in [2.05, 4.69) is 86.8 Å². The van der Waals surface area contributed by atoms with Gasteiger partial charge in [0.05, 0.1) is 13.2 Å². The van der Waals surface area contributed by atoms with Gasteiger partial charge in [-0.1, -0.05) is 279 Å². The van der Waals surface area contributed by atoms with Crippen molar-refractivity contribution in [1.29, 1.82) is 0 Å². The Morgan fingerprint density at radius 1 is 0.413 bits per heavy atom. The fourth-order valence-corrected chi connectivity index (χ4v) is 9.73. The van der Waals surface area contributed by atoms with Crippen molar-refractivity contribution in [2.75, 3.05) is 26.4 Å². The van der Waals surface area contributed by atoms with Gasteiger partial charge in [-0.25, -0.2) is 4.57 Å². The smallest absolute Gasteiger partial charge is 0.462 e. The van der Waals surface area contributed by atoms with Crippen molar-refractivity contribution in [3.63, 3.8) is 0 Å². The maximum Gasteiger partial charge on any atom is 0.472 e. The Morgan fingerprint density at radius 3 is 1.09 bits per heavy atom. The topological polar surface area (TPSA) is 134 Å². The van der Waals surface area contributed by atoms with E-state index in [-0.39, 0.29) is 32.6 Å². The number of phosphoric ester groups is 1. The van der Waals surface area contributed by atoms with Crippen molar-refractivity contribution in [2.45, 2.75) is 302 Å². The van der Waals surface area contributed by atoms with E-state index in [1.165, 1.54) is 173 Å². The van der Waals surface area contributed by atoms with Crippen LogP contribution in [0.2, 0.25) is 0 Å². The van der Waals surface area contributed by atoms with Gasteiger partial charge in [-0.05, 0) is 77.0 Å². The molecule has 0 saturated carbocycles. The predicted molar refractivity (Wildman–Crippen MR) is 321 cm³/mol. The summed E-state index contributed by atoms with van der Waals surface area (Å²) in [6.45, 7) is 3.57. The average Bonchev–Trinajstić information content (AvgIpc) is 3.40. The molecule has 0 radical (unpaired) electrons. The third kappa shape index (κ3) is 60.5. The Kier molecular flexibility index (Phi) is 58.6. The molecule has 0 aliphatic rings. The summed E-state index contributed by atoms with van der Waals surface area (Å²) in [5.74, 6) is -0.835. The van der Waals surface area contributed by atoms with Gasteiger partial charge in [0.25, 0.3) is 0 Å². The van der Waals surface area contributed by atoms with Crippen LogP contribution in [0.3, 0.4) is 0 Å². The number of esters is 2. The lowest BCUT2D eigenvalue weighted by Gasteiger charge is -2.19. The Morgan fingerprint density at radius 2 is 0.733 bits per heavy atom. The SMILES string of the molecule is CC/C=C\C/C=C\C/C=C\C/C=C\CCCCCCCCCCCCCCCCCCCCCCCCCCCCCCC(=O)OC(COC(=O)CCCCCCC/C=C\C/C=C\CCC)COP(=O)(O)OCCN. The zero-order chi connectivity index (χ0) is 54.5. The second-order valence-electron chi connectivity index (χ2n) is 20.9. The molecule has 0 heterocycles. The van der Waals surface area contributed by atoms with E-state index >= 15 is 0 Å². The van der Waals surface area contributed by atoms with Crippen LogP contribution >= 0.6 is 7.82 Å². The second-order valence-corrected chi connectivity index (χ2v) is 22.3. The summed E-state index contributed by atoms with van der Waals surface area (Å²) >= 11 is 0. The van der Waals surface area contributed by atoms with Crippen molar-refractivity contribution in [1.82, 2.24) is 0 Å². The summed E-state index contributed by atoms with van der Waals surface area (Å²) in [4.78, 5) is 35.1. The predicted octanol–water partition coefficient (Wildman–Crippen LogP) is 20.1. The maximum absolute atomic E-state index is 12.7. The normalized spacial score (nSPS) is 13.5. The van der Waals surface area contributed by atoms with E-state index in [1.54, 1.807) is 0 Å². The number of carbonyl (C=O) groups is 2. The van der Waals surface area contributed by atoms with Gasteiger partial charge in [0.1, 0.15) is 6.61 Å². The molecule has 0 saturated heterocycles. The van der Waals surface area contributed by atoms with Crippen LogP contribution in [-0.4, -0.2) is 49.3 Å². The van der Waals surface area contributed by atoms with Crippen LogP contribution in [0, 0.1) is 0 Å². The quantitative estimate of drug-likeness (QED) is 0.0264. The lowest BCUT2D eigenvalue weighted by Crippen LogP contribution is -2.29. The monoisotopic (exact) mass is 1070 g/mol. The summed E-state index contributed by atoms with van der Waals surface area (Å²) < 4.78 is 33.0. The lowest BCUT2D eigenvalue weighted by atomic mass is 10.0. The number of hydrogen-bond donors (Lipinski definition) is 2. The highest BCUT2D eigenvalue weighted by Gasteiger charge is 2.26. The van der Waals surface area contributed by atoms with Crippen LogP contribution in [0.4, 0.5) is 0 Å². The summed E-state index contributed by atoms with van der Waals surface area (Å²) in [5.41, 5.74) is 5.38. The molecular weight excluding hydrogens is 954 g/mol. The number of carbonyl (C=O) groups excluding carboxylic acids is 2. The highest BCUT2D eigenvalue weighted by Crippen LogP contribution is 2.43. The zero-order valence-corrected chi connectivity index (χ0v) is 49.7. The first-order valence-corrected chi connectivity index (χ1v) is 32.9. The number of nitrogens with two attached hydrogens (primary N) is 1. The van der Waals surface area contributed by atoms with Gasteiger partial charge in [0.2, 0.25) is 0 Å². The molecule has 0 rings (SSSR count). The largest absolute Gasteiger partial charge is 0.472 e. The van der Waals surface area contributed by atoms with E-state index in [4.69, 9.17) is 24.3 Å². The molecule has 436 valence electrons. The maximum atomic E-state index is 12.7. The van der Waals surface area contributed by atoms with E-state index in [1.807, 2.05) is 0 Å².